The van der Waals surface area contributed by atoms with Crippen molar-refractivity contribution in [2.45, 2.75) is 62.1 Å². The average Bonchev–Trinajstić information content (AvgIpc) is 3.00. The normalized spacial score (nSPS) is 22.8. The molecule has 0 radical (unpaired) electrons. The van der Waals surface area contributed by atoms with Crippen molar-refractivity contribution in [3.8, 4) is 0 Å². The summed E-state index contributed by atoms with van der Waals surface area (Å²) in [6.45, 7) is 6.11. The van der Waals surface area contributed by atoms with Gasteiger partial charge in [0.05, 0.1) is 12.1 Å². The minimum Gasteiger partial charge on any atom is -0.395 e. The molecule has 1 aliphatic rings. The van der Waals surface area contributed by atoms with Crippen LogP contribution in [0.25, 0.3) is 0 Å². The van der Waals surface area contributed by atoms with Gasteiger partial charge in [-0.1, -0.05) is 13.8 Å². The van der Waals surface area contributed by atoms with E-state index in [9.17, 15) is 4.79 Å². The number of primary amides is 1. The van der Waals surface area contributed by atoms with E-state index in [4.69, 9.17) is 10.8 Å². The van der Waals surface area contributed by atoms with Gasteiger partial charge in [-0.15, -0.1) is 0 Å². The lowest BCUT2D eigenvalue weighted by Gasteiger charge is -2.31. The number of nitrogens with one attached hydrogen (secondary N) is 1. The molecule has 0 bridgehead atoms. The quantitative estimate of drug-likeness (QED) is 0.605. The molecule has 4 N–H and O–H groups in total. The predicted molar refractivity (Wildman–Crippen MR) is 72.0 cm³/mol. The molecule has 100 valence electrons. The molecule has 0 spiro atoms. The summed E-state index contributed by atoms with van der Waals surface area (Å²) in [5, 5.41) is 12.8. The minimum absolute atomic E-state index is 0.165. The number of rotatable bonds is 8. The van der Waals surface area contributed by atoms with E-state index in [1.54, 1.807) is 11.8 Å². The molecule has 0 aliphatic heterocycles. The van der Waals surface area contributed by atoms with Crippen LogP contribution >= 0.6 is 11.8 Å². The van der Waals surface area contributed by atoms with Crippen molar-refractivity contribution in [3.63, 3.8) is 0 Å². The molecule has 0 heterocycles. The first-order valence-corrected chi connectivity index (χ1v) is 7.15. The summed E-state index contributed by atoms with van der Waals surface area (Å²) < 4.78 is 0. The third-order valence-electron chi connectivity index (χ3n) is 3.06. The van der Waals surface area contributed by atoms with Crippen molar-refractivity contribution in [1.82, 2.24) is 5.32 Å². The Morgan fingerprint density at radius 1 is 1.53 bits per heavy atom. The molecule has 5 heteroatoms. The van der Waals surface area contributed by atoms with Gasteiger partial charge in [-0.05, 0) is 26.2 Å². The smallest absolute Gasteiger partial charge is 0.237 e. The fraction of sp³-hybridized carbons (Fsp3) is 0.917. The van der Waals surface area contributed by atoms with Gasteiger partial charge in [0.25, 0.3) is 0 Å². The maximum atomic E-state index is 11.6. The van der Waals surface area contributed by atoms with E-state index in [2.05, 4.69) is 12.2 Å². The van der Waals surface area contributed by atoms with Gasteiger partial charge < -0.3 is 16.2 Å². The second-order valence-electron chi connectivity index (χ2n) is 5.26. The van der Waals surface area contributed by atoms with E-state index in [-0.39, 0.29) is 17.8 Å². The highest BCUT2D eigenvalue weighted by Crippen LogP contribution is 2.29. The first kappa shape index (κ1) is 14.8. The molecule has 17 heavy (non-hydrogen) atoms. The lowest BCUT2D eigenvalue weighted by Crippen LogP contribution is -2.55. The molecule has 0 aromatic rings. The first-order valence-electron chi connectivity index (χ1n) is 6.21. The third-order valence-corrected chi connectivity index (χ3v) is 4.31. The molecule has 1 saturated carbocycles. The number of carbonyl (C=O) groups excluding carboxylic acids is 1. The topological polar surface area (TPSA) is 75.3 Å². The molecule has 3 unspecified atom stereocenters. The molecule has 3 atom stereocenters. The summed E-state index contributed by atoms with van der Waals surface area (Å²) in [6.07, 6.45) is 2.97. The first-order chi connectivity index (χ1) is 7.87. The van der Waals surface area contributed by atoms with Crippen LogP contribution in [0.1, 0.15) is 40.0 Å². The average molecular weight is 260 g/mol. The number of hydrogen-bond donors (Lipinski definition) is 3. The Morgan fingerprint density at radius 3 is 2.53 bits per heavy atom. The molecular weight excluding hydrogens is 236 g/mol. The van der Waals surface area contributed by atoms with E-state index < -0.39 is 5.54 Å². The molecule has 0 aromatic heterocycles. The van der Waals surface area contributed by atoms with Gasteiger partial charge in [0.2, 0.25) is 5.91 Å². The summed E-state index contributed by atoms with van der Waals surface area (Å²) in [4.78, 5) is 11.6. The van der Waals surface area contributed by atoms with Gasteiger partial charge in [0.15, 0.2) is 0 Å². The van der Waals surface area contributed by atoms with Crippen LogP contribution in [-0.4, -0.2) is 39.7 Å². The minimum atomic E-state index is -0.622. The maximum Gasteiger partial charge on any atom is 0.237 e. The lowest BCUT2D eigenvalue weighted by atomic mass is 9.95. The van der Waals surface area contributed by atoms with E-state index in [0.717, 1.165) is 12.8 Å². The molecule has 1 aliphatic carbocycles. The second kappa shape index (κ2) is 6.07. The fourth-order valence-corrected chi connectivity index (χ4v) is 3.28. The Morgan fingerprint density at radius 2 is 2.12 bits per heavy atom. The molecule has 1 fully saturated rings. The standard InChI is InChI=1S/C12H24N2O2S/c1-8(17-9(2)7-15)6-12(3,11(13)16)14-10-4-5-10/h8-10,14-15H,4-7H2,1-3H3,(H2,13,16). The Balaban J connectivity index is 2.49. The predicted octanol–water partition coefficient (Wildman–Crippen LogP) is 0.875. The summed E-state index contributed by atoms with van der Waals surface area (Å²) in [5.41, 5.74) is 4.88. The summed E-state index contributed by atoms with van der Waals surface area (Å²) >= 11 is 1.69. The Bertz CT molecular complexity index is 271. The van der Waals surface area contributed by atoms with Crippen LogP contribution in [0.3, 0.4) is 0 Å². The Hall–Kier alpha value is -0.260. The fourth-order valence-electron chi connectivity index (χ4n) is 1.97. The molecule has 0 saturated heterocycles. The van der Waals surface area contributed by atoms with Crippen molar-refractivity contribution < 1.29 is 9.90 Å². The number of thioether (sulfide) groups is 1. The van der Waals surface area contributed by atoms with Crippen LogP contribution < -0.4 is 11.1 Å². The van der Waals surface area contributed by atoms with Gasteiger partial charge in [0, 0.05) is 16.5 Å². The second-order valence-corrected chi connectivity index (χ2v) is 7.14. The zero-order chi connectivity index (χ0) is 13.1. The number of amides is 1. The van der Waals surface area contributed by atoms with Crippen LogP contribution in [0, 0.1) is 0 Å². The maximum absolute atomic E-state index is 11.6. The Kier molecular flexibility index (Phi) is 5.28. The highest BCUT2D eigenvalue weighted by atomic mass is 32.2. The van der Waals surface area contributed by atoms with E-state index >= 15 is 0 Å². The van der Waals surface area contributed by atoms with Gasteiger partial charge in [0.1, 0.15) is 0 Å². The van der Waals surface area contributed by atoms with Crippen LogP contribution in [0.4, 0.5) is 0 Å². The molecule has 1 rings (SSSR count). The number of carbonyl (C=O) groups is 1. The number of aliphatic hydroxyl groups excluding tert-OH is 1. The largest absolute Gasteiger partial charge is 0.395 e. The highest BCUT2D eigenvalue weighted by Gasteiger charge is 2.38. The van der Waals surface area contributed by atoms with Crippen LogP contribution in [0.15, 0.2) is 0 Å². The molecule has 0 aromatic carbocycles. The van der Waals surface area contributed by atoms with Gasteiger partial charge in [-0.3, -0.25) is 4.79 Å². The van der Waals surface area contributed by atoms with Crippen LogP contribution in [0.2, 0.25) is 0 Å². The van der Waals surface area contributed by atoms with Crippen molar-refractivity contribution in [1.29, 1.82) is 0 Å². The van der Waals surface area contributed by atoms with Crippen LogP contribution in [0.5, 0.6) is 0 Å². The summed E-state index contributed by atoms with van der Waals surface area (Å²) in [6, 6.07) is 0.458. The molecule has 4 nitrogen and oxygen atoms in total. The number of hydrogen-bond acceptors (Lipinski definition) is 4. The van der Waals surface area contributed by atoms with E-state index in [1.165, 1.54) is 0 Å². The summed E-state index contributed by atoms with van der Waals surface area (Å²) in [7, 11) is 0. The van der Waals surface area contributed by atoms with Crippen molar-refractivity contribution in [3.05, 3.63) is 0 Å². The zero-order valence-electron chi connectivity index (χ0n) is 10.9. The van der Waals surface area contributed by atoms with Crippen LogP contribution in [-0.2, 0) is 4.79 Å². The number of nitrogens with two attached hydrogens (primary N) is 1. The third kappa shape index (κ3) is 4.85. The number of aliphatic hydroxyl groups is 1. The zero-order valence-corrected chi connectivity index (χ0v) is 11.7. The van der Waals surface area contributed by atoms with E-state index in [1.807, 2.05) is 13.8 Å². The Labute approximate surface area is 108 Å². The van der Waals surface area contributed by atoms with Gasteiger partial charge in [-0.25, -0.2) is 0 Å². The van der Waals surface area contributed by atoms with Gasteiger partial charge in [-0.2, -0.15) is 11.8 Å². The monoisotopic (exact) mass is 260 g/mol. The summed E-state index contributed by atoms with van der Waals surface area (Å²) in [5.74, 6) is -0.284. The lowest BCUT2D eigenvalue weighted by molar-refractivity contribution is -0.124. The van der Waals surface area contributed by atoms with Crippen molar-refractivity contribution in [2.75, 3.05) is 6.61 Å². The van der Waals surface area contributed by atoms with Crippen molar-refractivity contribution in [2.24, 2.45) is 5.73 Å². The highest BCUT2D eigenvalue weighted by molar-refractivity contribution is 8.00. The van der Waals surface area contributed by atoms with Gasteiger partial charge >= 0.3 is 0 Å². The molecule has 1 amide bonds. The van der Waals surface area contributed by atoms with Crippen molar-refractivity contribution >= 4 is 17.7 Å². The molecular formula is C12H24N2O2S. The SMILES string of the molecule is CC(CO)SC(C)CC(C)(NC1CC1)C(N)=O. The van der Waals surface area contributed by atoms with E-state index in [0.29, 0.717) is 17.7 Å².